The molecule has 0 bridgehead atoms. The average molecular weight is 540 g/mol. The van der Waals surface area contributed by atoms with Crippen molar-refractivity contribution in [2.75, 3.05) is 16.6 Å². The molecule has 2 amide bonds. The van der Waals surface area contributed by atoms with Crippen LogP contribution in [0.15, 0.2) is 89.1 Å². The van der Waals surface area contributed by atoms with Gasteiger partial charge in [-0.15, -0.1) is 5.11 Å². The van der Waals surface area contributed by atoms with Crippen LogP contribution < -0.4 is 10.0 Å². The van der Waals surface area contributed by atoms with Gasteiger partial charge in [0, 0.05) is 5.56 Å². The van der Waals surface area contributed by atoms with Gasteiger partial charge in [0.25, 0.3) is 11.8 Å². The topological polar surface area (TPSA) is 105 Å². The molecule has 3 aromatic carbocycles. The zero-order valence-corrected chi connectivity index (χ0v) is 22.4. The zero-order chi connectivity index (χ0) is 27.5. The lowest BCUT2D eigenvalue weighted by Gasteiger charge is -2.29. The first-order valence-electron chi connectivity index (χ1n) is 12.3. The van der Waals surface area contributed by atoms with E-state index in [9.17, 15) is 14.4 Å². The molecule has 0 spiro atoms. The number of carbonyl (C=O) groups is 3. The largest absolute Gasteiger partial charge is 0.462 e. The number of aryl methyl sites for hydroxylation is 2. The number of hydrazine groups is 1. The summed E-state index contributed by atoms with van der Waals surface area (Å²) in [5.74, 6) is -1.70. The third-order valence-corrected chi connectivity index (χ3v) is 6.97. The highest BCUT2D eigenvalue weighted by molar-refractivity contribution is 7.10. The Bertz CT molecular complexity index is 1520. The van der Waals surface area contributed by atoms with Gasteiger partial charge < -0.3 is 4.74 Å². The first-order valence-corrected chi connectivity index (χ1v) is 13.1. The van der Waals surface area contributed by atoms with Crippen LogP contribution in [0.3, 0.4) is 0 Å². The van der Waals surface area contributed by atoms with Crippen LogP contribution in [0.1, 0.15) is 28.4 Å². The van der Waals surface area contributed by atoms with Crippen LogP contribution in [0.5, 0.6) is 0 Å². The van der Waals surface area contributed by atoms with Crippen molar-refractivity contribution >= 4 is 45.7 Å². The number of amides is 2. The molecule has 0 saturated carbocycles. The van der Waals surface area contributed by atoms with E-state index in [1.54, 1.807) is 31.2 Å². The number of carbonyl (C=O) groups excluding carboxylic acids is 3. The van der Waals surface area contributed by atoms with Crippen LogP contribution in [-0.4, -0.2) is 34.8 Å². The number of rotatable bonds is 7. The van der Waals surface area contributed by atoms with E-state index in [2.05, 4.69) is 14.6 Å². The maximum absolute atomic E-state index is 13.7. The van der Waals surface area contributed by atoms with Gasteiger partial charge in [-0.1, -0.05) is 66.7 Å². The van der Waals surface area contributed by atoms with Gasteiger partial charge >= 0.3 is 5.97 Å². The highest BCUT2D eigenvalue weighted by Gasteiger charge is 2.48. The minimum Gasteiger partial charge on any atom is -0.462 e. The molecule has 2 heterocycles. The average Bonchev–Trinajstić information content (AvgIpc) is 3.47. The van der Waals surface area contributed by atoms with Gasteiger partial charge in [-0.25, -0.2) is 14.8 Å². The maximum atomic E-state index is 13.7. The van der Waals surface area contributed by atoms with Crippen molar-refractivity contribution < 1.29 is 19.1 Å². The highest BCUT2D eigenvalue weighted by atomic mass is 32.1. The number of para-hydroxylation sites is 2. The summed E-state index contributed by atoms with van der Waals surface area (Å²) in [7, 11) is 0. The molecular formula is C29H25N5O4S. The van der Waals surface area contributed by atoms with E-state index in [-0.39, 0.29) is 17.2 Å². The first-order chi connectivity index (χ1) is 18.9. The van der Waals surface area contributed by atoms with E-state index < -0.39 is 23.8 Å². The fourth-order valence-electron chi connectivity index (χ4n) is 4.33. The van der Waals surface area contributed by atoms with Crippen LogP contribution >= 0.6 is 11.5 Å². The van der Waals surface area contributed by atoms with E-state index in [0.717, 1.165) is 22.7 Å². The van der Waals surface area contributed by atoms with Crippen LogP contribution in [0.25, 0.3) is 11.3 Å². The third kappa shape index (κ3) is 4.82. The number of azo groups is 1. The van der Waals surface area contributed by atoms with Gasteiger partial charge in [-0.3, -0.25) is 9.59 Å². The smallest absolute Gasteiger partial charge is 0.343 e. The first kappa shape index (κ1) is 25.9. The number of benzene rings is 3. The summed E-state index contributed by atoms with van der Waals surface area (Å²) < 4.78 is 9.67. The molecule has 0 N–H and O–H groups in total. The Kier molecular flexibility index (Phi) is 7.29. The molecule has 39 heavy (non-hydrogen) atoms. The number of nitrogens with zero attached hydrogens (tertiary/aromatic N) is 5. The summed E-state index contributed by atoms with van der Waals surface area (Å²) in [4.78, 5) is 40.4. The molecular weight excluding hydrogens is 514 g/mol. The lowest BCUT2D eigenvalue weighted by molar-refractivity contribution is -0.123. The Labute approximate surface area is 229 Å². The van der Waals surface area contributed by atoms with Gasteiger partial charge in [0.2, 0.25) is 6.04 Å². The lowest BCUT2D eigenvalue weighted by Crippen LogP contribution is -2.42. The van der Waals surface area contributed by atoms with E-state index in [4.69, 9.17) is 4.74 Å². The molecule has 10 heteroatoms. The molecule has 1 aliphatic heterocycles. The molecule has 0 aliphatic carbocycles. The molecule has 9 nitrogen and oxygen atoms in total. The molecule has 0 unspecified atom stereocenters. The Hall–Kier alpha value is -4.70. The number of esters is 1. The van der Waals surface area contributed by atoms with Crippen molar-refractivity contribution in [2.24, 2.45) is 10.2 Å². The standard InChI is InChI=1S/C29H25N5O4S/c1-4-38-29(37)23-24(20-14-6-5-7-15-20)32-39-26(23)31-30-25-27(35)33(21-16-10-8-12-18(21)2)34(28(25)36)22-17-11-9-13-19(22)3/h5-17,25H,4H2,1-3H3/b31-30+. The molecule has 1 saturated heterocycles. The zero-order valence-electron chi connectivity index (χ0n) is 21.6. The lowest BCUT2D eigenvalue weighted by atomic mass is 10.1. The summed E-state index contributed by atoms with van der Waals surface area (Å²) in [5.41, 5.74) is 4.01. The minimum absolute atomic E-state index is 0.140. The van der Waals surface area contributed by atoms with Crippen molar-refractivity contribution in [3.8, 4) is 11.3 Å². The van der Waals surface area contributed by atoms with Crippen LogP contribution in [0.4, 0.5) is 16.4 Å². The summed E-state index contributed by atoms with van der Waals surface area (Å²) in [6, 6.07) is 22.4. The molecule has 196 valence electrons. The Morgan fingerprint density at radius 2 is 1.41 bits per heavy atom. The van der Waals surface area contributed by atoms with Crippen molar-refractivity contribution in [3.05, 3.63) is 95.6 Å². The number of anilines is 2. The summed E-state index contributed by atoms with van der Waals surface area (Å²) in [6.07, 6.45) is 0. The van der Waals surface area contributed by atoms with Crippen molar-refractivity contribution in [2.45, 2.75) is 26.8 Å². The van der Waals surface area contributed by atoms with Gasteiger partial charge in [0.15, 0.2) is 5.00 Å². The van der Waals surface area contributed by atoms with E-state index in [1.165, 1.54) is 10.0 Å². The number of ether oxygens (including phenoxy) is 1. The predicted octanol–water partition coefficient (Wildman–Crippen LogP) is 6.05. The normalized spacial score (nSPS) is 14.0. The van der Waals surface area contributed by atoms with Crippen LogP contribution in [-0.2, 0) is 14.3 Å². The van der Waals surface area contributed by atoms with E-state index >= 15 is 0 Å². The summed E-state index contributed by atoms with van der Waals surface area (Å²) in [6.45, 7) is 5.60. The number of aromatic nitrogens is 1. The Morgan fingerprint density at radius 1 is 0.872 bits per heavy atom. The van der Waals surface area contributed by atoms with Crippen LogP contribution in [0.2, 0.25) is 0 Å². The fraction of sp³-hybridized carbons (Fsp3) is 0.172. The van der Waals surface area contributed by atoms with E-state index in [0.29, 0.717) is 22.6 Å². The second kappa shape index (κ2) is 11.0. The van der Waals surface area contributed by atoms with Gasteiger partial charge in [0.05, 0.1) is 18.0 Å². The van der Waals surface area contributed by atoms with Gasteiger partial charge in [0.1, 0.15) is 11.3 Å². The van der Waals surface area contributed by atoms with Crippen molar-refractivity contribution in [1.29, 1.82) is 0 Å². The molecule has 5 rings (SSSR count). The van der Waals surface area contributed by atoms with E-state index in [1.807, 2.05) is 68.4 Å². The second-order valence-electron chi connectivity index (χ2n) is 8.79. The molecule has 0 radical (unpaired) electrons. The number of hydrogen-bond donors (Lipinski definition) is 0. The SMILES string of the molecule is CCOC(=O)c1c(-c2ccccc2)nsc1/N=N/C1C(=O)N(c2ccccc2C)N(c2ccccc2C)C1=O. The summed E-state index contributed by atoms with van der Waals surface area (Å²) in [5, 5.41) is 11.3. The third-order valence-electron chi connectivity index (χ3n) is 6.24. The van der Waals surface area contributed by atoms with Crippen molar-refractivity contribution in [1.82, 2.24) is 4.37 Å². The molecule has 4 aromatic rings. The van der Waals surface area contributed by atoms with Gasteiger partial charge in [-0.05, 0) is 55.6 Å². The predicted molar refractivity (Wildman–Crippen MR) is 149 cm³/mol. The molecule has 0 atom stereocenters. The maximum Gasteiger partial charge on any atom is 0.343 e. The molecule has 1 fully saturated rings. The quantitative estimate of drug-likeness (QED) is 0.162. The molecule has 1 aromatic heterocycles. The highest BCUT2D eigenvalue weighted by Crippen LogP contribution is 2.37. The molecule has 1 aliphatic rings. The van der Waals surface area contributed by atoms with Gasteiger partial charge in [-0.2, -0.15) is 9.49 Å². The monoisotopic (exact) mass is 539 g/mol. The summed E-state index contributed by atoms with van der Waals surface area (Å²) >= 11 is 0.949. The van der Waals surface area contributed by atoms with Crippen LogP contribution in [0, 0.1) is 13.8 Å². The van der Waals surface area contributed by atoms with Crippen molar-refractivity contribution in [3.63, 3.8) is 0 Å². The minimum atomic E-state index is -1.44. The number of hydrogen-bond acceptors (Lipinski definition) is 8. The Balaban J connectivity index is 1.57. The second-order valence-corrected chi connectivity index (χ2v) is 9.54. The fourth-order valence-corrected chi connectivity index (χ4v) is 5.06. The Morgan fingerprint density at radius 3 is 1.95 bits per heavy atom.